The molecule has 8 heavy (non-hydrogen) atoms. The summed E-state index contributed by atoms with van der Waals surface area (Å²) in [6.07, 6.45) is 3.39. The normalized spacial score (nSPS) is 10.6. The van der Waals surface area contributed by atoms with Gasteiger partial charge in [-0.25, -0.2) is 0 Å². The van der Waals surface area contributed by atoms with Crippen LogP contribution in [0.25, 0.3) is 0 Å². The zero-order valence-corrected chi connectivity index (χ0v) is 5.15. The lowest BCUT2D eigenvalue weighted by atomic mass is 10.2. The minimum Gasteiger partial charge on any atom is -0.102 e. The Hall–Kier alpha value is -0.960. The van der Waals surface area contributed by atoms with Gasteiger partial charge in [0.15, 0.2) is 0 Å². The van der Waals surface area contributed by atoms with Crippen molar-refractivity contribution < 1.29 is 0 Å². The van der Waals surface area contributed by atoms with Crippen molar-refractivity contribution in [3.05, 3.63) is 25.3 Å². The Balaban J connectivity index is 3.66. The van der Waals surface area contributed by atoms with Crippen LogP contribution in [-0.2, 0) is 0 Å². The molecule has 0 spiro atoms. The van der Waals surface area contributed by atoms with Crippen LogP contribution < -0.4 is 0 Å². The smallest absolute Gasteiger partial charge is 0.0355 e. The zero-order chi connectivity index (χ0) is 6.41. The van der Waals surface area contributed by atoms with Gasteiger partial charge in [-0.1, -0.05) is 24.5 Å². The first kappa shape index (κ1) is 7.04. The van der Waals surface area contributed by atoms with E-state index in [0.717, 1.165) is 0 Å². The minimum absolute atomic E-state index is 0.285. The van der Waals surface area contributed by atoms with Crippen LogP contribution in [0.5, 0.6) is 0 Å². The minimum atomic E-state index is 0.285. The first-order valence-electron chi connectivity index (χ1n) is 2.55. The first-order chi connectivity index (χ1) is 3.81. The summed E-state index contributed by atoms with van der Waals surface area (Å²) in [7, 11) is 0. The Morgan fingerprint density at radius 1 is 1.50 bits per heavy atom. The lowest BCUT2D eigenvalue weighted by Gasteiger charge is -1.86. The van der Waals surface area contributed by atoms with Crippen LogP contribution in [0.15, 0.2) is 25.3 Å². The van der Waals surface area contributed by atoms with E-state index < -0.39 is 0 Å². The molecule has 42 valence electrons. The summed E-state index contributed by atoms with van der Waals surface area (Å²) in [5.41, 5.74) is 0. The number of allylic oxidation sites excluding steroid dienone is 2. The molecule has 0 bridgehead atoms. The molecule has 0 N–H and O–H groups in total. The average molecular weight is 106 g/mol. The van der Waals surface area contributed by atoms with Crippen molar-refractivity contribution in [3.8, 4) is 11.8 Å². The van der Waals surface area contributed by atoms with Crippen LogP contribution in [0, 0.1) is 17.8 Å². The van der Waals surface area contributed by atoms with Gasteiger partial charge in [0, 0.05) is 5.92 Å². The number of rotatable bonds is 1. The van der Waals surface area contributed by atoms with E-state index >= 15 is 0 Å². The summed E-state index contributed by atoms with van der Waals surface area (Å²) in [6, 6.07) is 0. The van der Waals surface area contributed by atoms with Gasteiger partial charge in [0.2, 0.25) is 0 Å². The lowest BCUT2D eigenvalue weighted by Crippen LogP contribution is -1.78. The molecular weight excluding hydrogens is 96.1 g/mol. The van der Waals surface area contributed by atoms with Crippen LogP contribution in [0.1, 0.15) is 6.92 Å². The van der Waals surface area contributed by atoms with E-state index in [1.807, 2.05) is 6.92 Å². The van der Waals surface area contributed by atoms with E-state index in [2.05, 4.69) is 25.0 Å². The van der Waals surface area contributed by atoms with Crippen molar-refractivity contribution in [1.29, 1.82) is 0 Å². The maximum absolute atomic E-state index is 3.58. The molecule has 0 heteroatoms. The summed E-state index contributed by atoms with van der Waals surface area (Å²) in [5, 5.41) is 0. The third kappa shape index (κ3) is 3.24. The third-order valence-corrected chi connectivity index (χ3v) is 0.767. The fraction of sp³-hybridized carbons (Fsp3) is 0.250. The molecule has 0 aromatic carbocycles. The van der Waals surface area contributed by atoms with Gasteiger partial charge in [0.1, 0.15) is 0 Å². The molecule has 1 atom stereocenters. The molecule has 0 radical (unpaired) electrons. The third-order valence-electron chi connectivity index (χ3n) is 0.767. The molecule has 0 fully saturated rings. The summed E-state index contributed by atoms with van der Waals surface area (Å²) < 4.78 is 0. The van der Waals surface area contributed by atoms with Gasteiger partial charge in [-0.3, -0.25) is 0 Å². The quantitative estimate of drug-likeness (QED) is 0.354. The highest BCUT2D eigenvalue weighted by Crippen LogP contribution is 1.89. The van der Waals surface area contributed by atoms with Gasteiger partial charge in [0.05, 0.1) is 0 Å². The van der Waals surface area contributed by atoms with Crippen molar-refractivity contribution in [2.24, 2.45) is 5.92 Å². The van der Waals surface area contributed by atoms with Crippen molar-refractivity contribution >= 4 is 0 Å². The predicted molar refractivity (Wildman–Crippen MR) is 37.3 cm³/mol. The Morgan fingerprint density at radius 3 is 2.50 bits per heavy atom. The number of hydrogen-bond donors (Lipinski definition) is 0. The summed E-state index contributed by atoms with van der Waals surface area (Å²) >= 11 is 0. The van der Waals surface area contributed by atoms with E-state index in [0.29, 0.717) is 0 Å². The van der Waals surface area contributed by atoms with Crippen molar-refractivity contribution in [2.75, 3.05) is 0 Å². The Bertz CT molecular complexity index is 132. The highest BCUT2D eigenvalue weighted by molar-refractivity contribution is 5.16. The maximum atomic E-state index is 3.58. The van der Waals surface area contributed by atoms with Crippen LogP contribution in [0.3, 0.4) is 0 Å². The largest absolute Gasteiger partial charge is 0.102 e. The molecule has 0 aromatic heterocycles. The van der Waals surface area contributed by atoms with E-state index in [4.69, 9.17) is 0 Å². The Labute approximate surface area is 50.9 Å². The molecule has 1 unspecified atom stereocenters. The fourth-order valence-electron chi connectivity index (χ4n) is 0.249. The molecule has 0 amide bonds. The van der Waals surface area contributed by atoms with Crippen LogP contribution in [0.2, 0.25) is 0 Å². The average Bonchev–Trinajstić information content (AvgIpc) is 1.83. The van der Waals surface area contributed by atoms with E-state index in [1.165, 1.54) is 0 Å². The summed E-state index contributed by atoms with van der Waals surface area (Å²) in [4.78, 5) is 0. The van der Waals surface area contributed by atoms with Gasteiger partial charge < -0.3 is 0 Å². The fourth-order valence-corrected chi connectivity index (χ4v) is 0.249. The lowest BCUT2D eigenvalue weighted by molar-refractivity contribution is 0.985. The van der Waals surface area contributed by atoms with Gasteiger partial charge in [0.25, 0.3) is 0 Å². The van der Waals surface area contributed by atoms with E-state index in [9.17, 15) is 0 Å². The molecule has 0 aromatic rings. The molecule has 0 aliphatic rings. The molecule has 0 saturated heterocycles. The van der Waals surface area contributed by atoms with Gasteiger partial charge in [-0.05, 0) is 13.0 Å². The zero-order valence-electron chi connectivity index (χ0n) is 5.15. The predicted octanol–water partition coefficient (Wildman–Crippen LogP) is 2.00. The van der Waals surface area contributed by atoms with Crippen LogP contribution in [-0.4, -0.2) is 0 Å². The van der Waals surface area contributed by atoms with E-state index in [-0.39, 0.29) is 5.92 Å². The molecule has 0 saturated carbocycles. The molecule has 0 heterocycles. The highest BCUT2D eigenvalue weighted by Gasteiger charge is 1.81. The Morgan fingerprint density at radius 2 is 2.12 bits per heavy atom. The summed E-state index contributed by atoms with van der Waals surface area (Å²) in [5.74, 6) is 5.92. The second-order valence-electron chi connectivity index (χ2n) is 1.52. The second kappa shape index (κ2) is 4.21. The summed E-state index contributed by atoms with van der Waals surface area (Å²) in [6.45, 7) is 9.03. The van der Waals surface area contributed by atoms with Crippen molar-refractivity contribution in [1.82, 2.24) is 0 Å². The van der Waals surface area contributed by atoms with Gasteiger partial charge >= 0.3 is 0 Å². The number of hydrogen-bond acceptors (Lipinski definition) is 0. The molecule has 0 rings (SSSR count). The van der Waals surface area contributed by atoms with Crippen molar-refractivity contribution in [2.45, 2.75) is 6.92 Å². The molecule has 0 aliphatic heterocycles. The molecule has 0 aliphatic carbocycles. The van der Waals surface area contributed by atoms with Crippen LogP contribution >= 0.6 is 0 Å². The molecular formula is C8H10. The topological polar surface area (TPSA) is 0 Å². The standard InChI is InChI=1S/C8H10/c1-4-6-7-8(3)5-2/h4-5,8H,1-2H2,3H3. The highest BCUT2D eigenvalue weighted by atomic mass is 13.8. The second-order valence-corrected chi connectivity index (χ2v) is 1.52. The Kier molecular flexibility index (Phi) is 3.70. The van der Waals surface area contributed by atoms with Crippen LogP contribution in [0.4, 0.5) is 0 Å². The van der Waals surface area contributed by atoms with Gasteiger partial charge in [-0.15, -0.1) is 6.58 Å². The van der Waals surface area contributed by atoms with Gasteiger partial charge in [-0.2, -0.15) is 0 Å². The monoisotopic (exact) mass is 106 g/mol. The first-order valence-corrected chi connectivity index (χ1v) is 2.55. The SMILES string of the molecule is C=CC#CC(C)C=C. The molecule has 0 nitrogen and oxygen atoms in total. The van der Waals surface area contributed by atoms with E-state index in [1.54, 1.807) is 12.2 Å². The maximum Gasteiger partial charge on any atom is 0.0355 e. The van der Waals surface area contributed by atoms with Crippen molar-refractivity contribution in [3.63, 3.8) is 0 Å².